The van der Waals surface area contributed by atoms with Gasteiger partial charge in [0.25, 0.3) is 0 Å². The number of ether oxygens (including phenoxy) is 1. The normalized spacial score (nSPS) is 12.4. The molecular formula is C13H30N2O. The zero-order valence-corrected chi connectivity index (χ0v) is 11.6. The molecule has 0 amide bonds. The number of hydrogen-bond donors (Lipinski definition) is 1. The molecule has 0 atom stereocenters. The quantitative estimate of drug-likeness (QED) is 0.584. The van der Waals surface area contributed by atoms with Crippen molar-refractivity contribution in [2.24, 2.45) is 11.1 Å². The van der Waals surface area contributed by atoms with Crippen molar-refractivity contribution in [1.29, 1.82) is 0 Å². The Morgan fingerprint density at radius 3 is 2.31 bits per heavy atom. The van der Waals surface area contributed by atoms with Gasteiger partial charge in [0.1, 0.15) is 0 Å². The number of hydrogen-bond acceptors (Lipinski definition) is 3. The molecular weight excluding hydrogens is 200 g/mol. The molecule has 0 saturated carbocycles. The smallest absolute Gasteiger partial charge is 0.0474 e. The molecule has 0 saturated heterocycles. The third-order valence-electron chi connectivity index (χ3n) is 3.08. The van der Waals surface area contributed by atoms with Gasteiger partial charge in [0.2, 0.25) is 0 Å². The minimum Gasteiger partial charge on any atom is -0.385 e. The number of rotatable bonds is 10. The minimum absolute atomic E-state index is 0.314. The molecule has 0 aromatic heterocycles. The van der Waals surface area contributed by atoms with Crippen LogP contribution in [-0.2, 0) is 4.74 Å². The molecule has 0 unspecified atom stereocenters. The molecule has 0 bridgehead atoms. The van der Waals surface area contributed by atoms with Crippen molar-refractivity contribution >= 4 is 0 Å². The maximum atomic E-state index is 5.71. The van der Waals surface area contributed by atoms with Crippen LogP contribution in [0.1, 0.15) is 39.5 Å². The van der Waals surface area contributed by atoms with E-state index in [-0.39, 0.29) is 0 Å². The Bertz CT molecular complexity index is 160. The Morgan fingerprint density at radius 2 is 1.75 bits per heavy atom. The van der Waals surface area contributed by atoms with Crippen molar-refractivity contribution < 1.29 is 4.74 Å². The van der Waals surface area contributed by atoms with Gasteiger partial charge in [0.05, 0.1) is 0 Å². The van der Waals surface area contributed by atoms with E-state index >= 15 is 0 Å². The van der Waals surface area contributed by atoms with Gasteiger partial charge in [-0.1, -0.05) is 20.3 Å². The highest BCUT2D eigenvalue weighted by Gasteiger charge is 2.14. The van der Waals surface area contributed by atoms with E-state index in [1.165, 1.54) is 25.8 Å². The molecule has 98 valence electrons. The largest absolute Gasteiger partial charge is 0.385 e. The molecule has 0 aliphatic rings. The minimum atomic E-state index is 0.314. The molecule has 3 heteroatoms. The Morgan fingerprint density at radius 1 is 1.12 bits per heavy atom. The van der Waals surface area contributed by atoms with E-state index < -0.39 is 0 Å². The molecule has 0 aromatic carbocycles. The van der Waals surface area contributed by atoms with Crippen LogP contribution in [0.15, 0.2) is 0 Å². The Kier molecular flexibility index (Phi) is 8.90. The summed E-state index contributed by atoms with van der Waals surface area (Å²) in [6.07, 6.45) is 4.91. The van der Waals surface area contributed by atoms with Gasteiger partial charge in [-0.3, -0.25) is 0 Å². The zero-order valence-electron chi connectivity index (χ0n) is 11.6. The highest BCUT2D eigenvalue weighted by atomic mass is 16.5. The second-order valence-electron chi connectivity index (χ2n) is 5.48. The first kappa shape index (κ1) is 15.9. The lowest BCUT2D eigenvalue weighted by Gasteiger charge is -2.23. The lowest BCUT2D eigenvalue weighted by Crippen LogP contribution is -2.25. The van der Waals surface area contributed by atoms with Crippen LogP contribution in [0.25, 0.3) is 0 Å². The Labute approximate surface area is 101 Å². The highest BCUT2D eigenvalue weighted by molar-refractivity contribution is 4.69. The third-order valence-corrected chi connectivity index (χ3v) is 3.08. The van der Waals surface area contributed by atoms with E-state index in [1.807, 2.05) is 0 Å². The van der Waals surface area contributed by atoms with E-state index in [0.717, 1.165) is 26.1 Å². The van der Waals surface area contributed by atoms with E-state index in [9.17, 15) is 0 Å². The second-order valence-corrected chi connectivity index (χ2v) is 5.48. The maximum absolute atomic E-state index is 5.71. The highest BCUT2D eigenvalue weighted by Crippen LogP contribution is 2.21. The predicted molar refractivity (Wildman–Crippen MR) is 70.7 cm³/mol. The topological polar surface area (TPSA) is 38.5 Å². The summed E-state index contributed by atoms with van der Waals surface area (Å²) in [6.45, 7) is 8.46. The van der Waals surface area contributed by atoms with Crippen LogP contribution < -0.4 is 5.73 Å². The van der Waals surface area contributed by atoms with Gasteiger partial charge in [-0.05, 0) is 44.8 Å². The lowest BCUT2D eigenvalue weighted by atomic mass is 9.87. The Hall–Kier alpha value is -0.120. The van der Waals surface area contributed by atoms with Crippen molar-refractivity contribution in [3.05, 3.63) is 0 Å². The van der Waals surface area contributed by atoms with Crippen LogP contribution in [-0.4, -0.2) is 45.3 Å². The fourth-order valence-corrected chi connectivity index (χ4v) is 1.68. The zero-order chi connectivity index (χ0) is 12.4. The first-order chi connectivity index (χ1) is 7.52. The molecule has 3 nitrogen and oxygen atoms in total. The van der Waals surface area contributed by atoms with Crippen molar-refractivity contribution in [1.82, 2.24) is 4.90 Å². The summed E-state index contributed by atoms with van der Waals surface area (Å²) in [5, 5.41) is 0. The Balaban J connectivity index is 3.37. The first-order valence-corrected chi connectivity index (χ1v) is 6.39. The molecule has 16 heavy (non-hydrogen) atoms. The van der Waals surface area contributed by atoms with Crippen LogP contribution in [0.4, 0.5) is 0 Å². The van der Waals surface area contributed by atoms with Crippen LogP contribution in [0.5, 0.6) is 0 Å². The molecule has 2 N–H and O–H groups in total. The van der Waals surface area contributed by atoms with Gasteiger partial charge in [-0.15, -0.1) is 0 Å². The van der Waals surface area contributed by atoms with Crippen LogP contribution >= 0.6 is 0 Å². The summed E-state index contributed by atoms with van der Waals surface area (Å²) in [5.74, 6) is 0. The predicted octanol–water partition coefficient (Wildman–Crippen LogP) is 2.11. The van der Waals surface area contributed by atoms with Gasteiger partial charge >= 0.3 is 0 Å². The molecule has 0 heterocycles. The first-order valence-electron chi connectivity index (χ1n) is 6.39. The summed E-state index contributed by atoms with van der Waals surface area (Å²) in [7, 11) is 3.94. The monoisotopic (exact) mass is 230 g/mol. The fraction of sp³-hybridized carbons (Fsp3) is 1.00. The van der Waals surface area contributed by atoms with Crippen LogP contribution in [0.3, 0.4) is 0 Å². The standard InChI is InChI=1S/C13H30N2O/c1-13(2,12-14)8-5-6-9-15(3)10-7-11-16-4/h5-12,14H2,1-4H3. The number of unbranched alkanes of at least 4 members (excludes halogenated alkanes) is 1. The SMILES string of the molecule is COCCCN(C)CCCCC(C)(C)CN. The van der Waals surface area contributed by atoms with E-state index in [4.69, 9.17) is 10.5 Å². The van der Waals surface area contributed by atoms with Crippen LogP contribution in [0, 0.1) is 5.41 Å². The van der Waals surface area contributed by atoms with Crippen molar-refractivity contribution in [3.8, 4) is 0 Å². The molecule has 0 aliphatic carbocycles. The molecule has 0 spiro atoms. The summed E-state index contributed by atoms with van der Waals surface area (Å²) in [6, 6.07) is 0. The second kappa shape index (κ2) is 8.97. The molecule has 0 fully saturated rings. The van der Waals surface area contributed by atoms with Gasteiger partial charge in [-0.25, -0.2) is 0 Å². The maximum Gasteiger partial charge on any atom is 0.0474 e. The van der Waals surface area contributed by atoms with Crippen LogP contribution in [0.2, 0.25) is 0 Å². The number of nitrogens with zero attached hydrogens (tertiary/aromatic N) is 1. The van der Waals surface area contributed by atoms with Crippen molar-refractivity contribution in [2.45, 2.75) is 39.5 Å². The third kappa shape index (κ3) is 9.13. The van der Waals surface area contributed by atoms with E-state index in [0.29, 0.717) is 5.41 Å². The summed E-state index contributed by atoms with van der Waals surface area (Å²) < 4.78 is 5.04. The van der Waals surface area contributed by atoms with Gasteiger partial charge < -0.3 is 15.4 Å². The number of methoxy groups -OCH3 is 1. The molecule has 0 radical (unpaired) electrons. The average Bonchev–Trinajstić information content (AvgIpc) is 2.25. The summed E-state index contributed by atoms with van der Waals surface area (Å²) >= 11 is 0. The average molecular weight is 230 g/mol. The van der Waals surface area contributed by atoms with Gasteiger partial charge in [0.15, 0.2) is 0 Å². The fourth-order valence-electron chi connectivity index (χ4n) is 1.68. The summed E-state index contributed by atoms with van der Waals surface area (Å²) in [4.78, 5) is 2.38. The summed E-state index contributed by atoms with van der Waals surface area (Å²) in [5.41, 5.74) is 6.02. The molecule has 0 aromatic rings. The molecule has 0 aliphatic heterocycles. The lowest BCUT2D eigenvalue weighted by molar-refractivity contribution is 0.178. The van der Waals surface area contributed by atoms with Gasteiger partial charge in [-0.2, -0.15) is 0 Å². The van der Waals surface area contributed by atoms with Crippen molar-refractivity contribution in [2.75, 3.05) is 40.4 Å². The van der Waals surface area contributed by atoms with E-state index in [1.54, 1.807) is 7.11 Å². The number of nitrogens with two attached hydrogens (primary N) is 1. The van der Waals surface area contributed by atoms with E-state index in [2.05, 4.69) is 25.8 Å². The van der Waals surface area contributed by atoms with Crippen molar-refractivity contribution in [3.63, 3.8) is 0 Å². The molecule has 0 rings (SSSR count). The van der Waals surface area contributed by atoms with Gasteiger partial charge in [0, 0.05) is 20.3 Å².